The summed E-state index contributed by atoms with van der Waals surface area (Å²) < 4.78 is 0. The first kappa shape index (κ1) is 24.2. The van der Waals surface area contributed by atoms with Gasteiger partial charge in [-0.3, -0.25) is 0 Å². The Balaban J connectivity index is 0. The van der Waals surface area contributed by atoms with E-state index in [1.807, 2.05) is 0 Å². The van der Waals surface area contributed by atoms with Crippen LogP contribution in [-0.4, -0.2) is 11.8 Å². The first-order chi connectivity index (χ1) is 10.4. The lowest BCUT2D eigenvalue weighted by Gasteiger charge is -2.01. The van der Waals surface area contributed by atoms with Gasteiger partial charge in [0.1, 0.15) is 0 Å². The fourth-order valence-electron chi connectivity index (χ4n) is 2.63. The van der Waals surface area contributed by atoms with Crippen LogP contribution in [0.2, 0.25) is 0 Å². The Hall–Kier alpha value is -0.0500. The van der Waals surface area contributed by atoms with Crippen molar-refractivity contribution in [3.8, 4) is 0 Å². The summed E-state index contributed by atoms with van der Waals surface area (Å²) in [6, 6.07) is 0. The molecular weight excluding hydrogens is 294 g/mol. The van der Waals surface area contributed by atoms with Crippen LogP contribution in [0, 0.1) is 0 Å². The minimum Gasteiger partial charge on any atom is -0.317 e. The lowest BCUT2D eigenvalue weighted by atomic mass is 10.1. The van der Waals surface area contributed by atoms with Gasteiger partial charge in [0.25, 0.3) is 0 Å². The Morgan fingerprint density at radius 1 is 0.636 bits per heavy atom. The van der Waals surface area contributed by atoms with Crippen LogP contribution >= 0.6 is 12.4 Å². The fourth-order valence-corrected chi connectivity index (χ4v) is 2.63. The van der Waals surface area contributed by atoms with E-state index < -0.39 is 0 Å². The van der Waals surface area contributed by atoms with Gasteiger partial charge in [0.05, 0.1) is 0 Å². The van der Waals surface area contributed by atoms with Crippen LogP contribution in [0.5, 0.6) is 0 Å². The molecule has 0 aliphatic carbocycles. The van der Waals surface area contributed by atoms with Gasteiger partial charge in [0.2, 0.25) is 0 Å². The molecule has 0 heterocycles. The standard InChI is InChI=1S/C19H39NO.ClH/c1-2-3-4-5-6-7-8-9-10-11-12-13-14-15-16-17-18-19-20-21;/h9-10,20-21H,2-8,11-19H2,1H3;1H/b10-9-;. The van der Waals surface area contributed by atoms with Gasteiger partial charge in [-0.25, -0.2) is 5.48 Å². The van der Waals surface area contributed by atoms with Crippen LogP contribution in [0.15, 0.2) is 12.2 Å². The molecule has 0 unspecified atom stereocenters. The summed E-state index contributed by atoms with van der Waals surface area (Å²) in [6.45, 7) is 3.01. The van der Waals surface area contributed by atoms with E-state index in [1.165, 1.54) is 89.9 Å². The zero-order valence-electron chi connectivity index (χ0n) is 14.8. The van der Waals surface area contributed by atoms with Crippen LogP contribution in [0.4, 0.5) is 0 Å². The molecule has 2 N–H and O–H groups in total. The summed E-state index contributed by atoms with van der Waals surface area (Å²) in [6.07, 6.45) is 24.8. The highest BCUT2D eigenvalue weighted by Crippen LogP contribution is 2.10. The molecule has 3 heteroatoms. The van der Waals surface area contributed by atoms with E-state index in [2.05, 4.69) is 24.6 Å². The van der Waals surface area contributed by atoms with Crippen molar-refractivity contribution in [2.75, 3.05) is 6.54 Å². The first-order valence-corrected chi connectivity index (χ1v) is 9.43. The van der Waals surface area contributed by atoms with Crippen molar-refractivity contribution >= 4 is 12.4 Å². The maximum atomic E-state index is 8.44. The molecule has 0 fully saturated rings. The molecule has 22 heavy (non-hydrogen) atoms. The fraction of sp³-hybridized carbons (Fsp3) is 0.895. The second kappa shape index (κ2) is 23.2. The number of hydroxylamine groups is 1. The third kappa shape index (κ3) is 22.2. The van der Waals surface area contributed by atoms with Crippen molar-refractivity contribution in [3.63, 3.8) is 0 Å². The Morgan fingerprint density at radius 2 is 1.05 bits per heavy atom. The highest BCUT2D eigenvalue weighted by molar-refractivity contribution is 5.85. The van der Waals surface area contributed by atoms with Gasteiger partial charge in [-0.05, 0) is 32.1 Å². The number of nitrogens with one attached hydrogen (secondary N) is 1. The van der Waals surface area contributed by atoms with Crippen molar-refractivity contribution in [2.24, 2.45) is 0 Å². The first-order valence-electron chi connectivity index (χ1n) is 9.43. The van der Waals surface area contributed by atoms with Crippen LogP contribution in [-0.2, 0) is 0 Å². The molecular formula is C19H40ClNO. The van der Waals surface area contributed by atoms with E-state index in [1.54, 1.807) is 0 Å². The second-order valence-electron chi connectivity index (χ2n) is 6.20. The van der Waals surface area contributed by atoms with Crippen LogP contribution in [0.25, 0.3) is 0 Å². The second-order valence-corrected chi connectivity index (χ2v) is 6.20. The molecule has 0 rings (SSSR count). The monoisotopic (exact) mass is 333 g/mol. The average Bonchev–Trinajstić information content (AvgIpc) is 2.50. The summed E-state index contributed by atoms with van der Waals surface area (Å²) in [5.41, 5.74) is 2.21. The minimum absolute atomic E-state index is 0. The molecule has 0 atom stereocenters. The van der Waals surface area contributed by atoms with E-state index >= 15 is 0 Å². The molecule has 0 amide bonds. The van der Waals surface area contributed by atoms with E-state index in [0.717, 1.165) is 13.0 Å². The summed E-state index contributed by atoms with van der Waals surface area (Å²) in [5, 5.41) is 8.44. The maximum absolute atomic E-state index is 8.44. The third-order valence-electron chi connectivity index (χ3n) is 4.05. The quantitative estimate of drug-likeness (QED) is 0.174. The van der Waals surface area contributed by atoms with Crippen molar-refractivity contribution in [1.29, 1.82) is 0 Å². The molecule has 0 aliphatic heterocycles. The molecule has 0 aromatic heterocycles. The van der Waals surface area contributed by atoms with E-state index in [0.29, 0.717) is 0 Å². The van der Waals surface area contributed by atoms with Crippen LogP contribution < -0.4 is 5.48 Å². The zero-order chi connectivity index (χ0) is 15.4. The molecule has 0 saturated heterocycles. The lowest BCUT2D eigenvalue weighted by molar-refractivity contribution is 0.164. The van der Waals surface area contributed by atoms with Crippen molar-refractivity contribution in [3.05, 3.63) is 12.2 Å². The topological polar surface area (TPSA) is 32.3 Å². The predicted molar refractivity (Wildman–Crippen MR) is 101 cm³/mol. The van der Waals surface area contributed by atoms with E-state index in [-0.39, 0.29) is 12.4 Å². The SMILES string of the molecule is CCCCCCCC/C=C\CCCCCCCCCNO.Cl. The maximum Gasteiger partial charge on any atom is 0.0207 e. The number of halogens is 1. The molecule has 0 spiro atoms. The smallest absolute Gasteiger partial charge is 0.0207 e. The zero-order valence-corrected chi connectivity index (χ0v) is 15.6. The van der Waals surface area contributed by atoms with Crippen LogP contribution in [0.1, 0.15) is 103 Å². The van der Waals surface area contributed by atoms with E-state index in [4.69, 9.17) is 5.21 Å². The van der Waals surface area contributed by atoms with Gasteiger partial charge in [0, 0.05) is 6.54 Å². The lowest BCUT2D eigenvalue weighted by Crippen LogP contribution is -2.07. The summed E-state index contributed by atoms with van der Waals surface area (Å²) in [4.78, 5) is 0. The van der Waals surface area contributed by atoms with Gasteiger partial charge < -0.3 is 5.21 Å². The van der Waals surface area contributed by atoms with Gasteiger partial charge in [-0.15, -0.1) is 12.4 Å². The number of unbranched alkanes of at least 4 members (excludes halogenated alkanes) is 13. The molecule has 0 aromatic rings. The Kier molecular flexibility index (Phi) is 25.5. The van der Waals surface area contributed by atoms with Crippen molar-refractivity contribution in [1.82, 2.24) is 5.48 Å². The molecule has 2 nitrogen and oxygen atoms in total. The Morgan fingerprint density at radius 3 is 1.50 bits per heavy atom. The predicted octanol–water partition coefficient (Wildman–Crippen LogP) is 6.81. The number of allylic oxidation sites excluding steroid dienone is 2. The normalized spacial score (nSPS) is 11.0. The number of hydrogen-bond donors (Lipinski definition) is 2. The third-order valence-corrected chi connectivity index (χ3v) is 4.05. The molecule has 0 bridgehead atoms. The summed E-state index contributed by atoms with van der Waals surface area (Å²) in [5.74, 6) is 0. The average molecular weight is 334 g/mol. The van der Waals surface area contributed by atoms with Gasteiger partial charge in [0.15, 0.2) is 0 Å². The highest BCUT2D eigenvalue weighted by Gasteiger charge is 1.91. The van der Waals surface area contributed by atoms with Crippen molar-refractivity contribution < 1.29 is 5.21 Å². The Bertz CT molecular complexity index is 210. The molecule has 0 aliphatic rings. The van der Waals surface area contributed by atoms with Gasteiger partial charge in [-0.1, -0.05) is 83.3 Å². The minimum atomic E-state index is 0. The summed E-state index contributed by atoms with van der Waals surface area (Å²) >= 11 is 0. The molecule has 0 saturated carbocycles. The van der Waals surface area contributed by atoms with E-state index in [9.17, 15) is 0 Å². The van der Waals surface area contributed by atoms with Gasteiger partial charge >= 0.3 is 0 Å². The Labute approximate surface area is 145 Å². The highest BCUT2D eigenvalue weighted by atomic mass is 35.5. The molecule has 134 valence electrons. The summed E-state index contributed by atoms with van der Waals surface area (Å²) in [7, 11) is 0. The largest absolute Gasteiger partial charge is 0.317 e. The van der Waals surface area contributed by atoms with Crippen LogP contribution in [0.3, 0.4) is 0 Å². The number of rotatable bonds is 17. The van der Waals surface area contributed by atoms with Crippen molar-refractivity contribution in [2.45, 2.75) is 103 Å². The number of hydrogen-bond acceptors (Lipinski definition) is 2. The molecule has 0 aromatic carbocycles. The van der Waals surface area contributed by atoms with Gasteiger partial charge in [-0.2, -0.15) is 0 Å². The molecule has 0 radical (unpaired) electrons.